The molecule has 0 saturated heterocycles. The van der Waals surface area contributed by atoms with Crippen LogP contribution in [0.25, 0.3) is 11.1 Å². The Labute approximate surface area is 198 Å². The van der Waals surface area contributed by atoms with Crippen molar-refractivity contribution >= 4 is 29.4 Å². The molecule has 2 amide bonds. The van der Waals surface area contributed by atoms with Gasteiger partial charge in [-0.3, -0.25) is 4.79 Å². The minimum absolute atomic E-state index is 0.0193. The standard InChI is InChI=1S/C27H28N2O3S/c1-18-11-13-19(14-12-18)28-26(30)25(15-16-33-2)29-27(31)32-17-24-22-9-5-3-7-20(22)21-8-4-6-10-23(21)24/h3-14,24-25H,15-17H2,1-2H3,(H,28,30)(H,29,31)/t25-/m1/s1. The van der Waals surface area contributed by atoms with Crippen LogP contribution in [-0.4, -0.2) is 36.7 Å². The van der Waals surface area contributed by atoms with Gasteiger partial charge < -0.3 is 15.4 Å². The predicted octanol–water partition coefficient (Wildman–Crippen LogP) is 5.59. The molecule has 2 N–H and O–H groups in total. The van der Waals surface area contributed by atoms with Crippen LogP contribution in [0.5, 0.6) is 0 Å². The molecule has 3 aromatic rings. The number of hydrogen-bond donors (Lipinski definition) is 2. The number of fused-ring (bicyclic) bond motifs is 3. The van der Waals surface area contributed by atoms with Crippen molar-refractivity contribution in [2.24, 2.45) is 0 Å². The number of ether oxygens (including phenoxy) is 1. The number of nitrogens with one attached hydrogen (secondary N) is 2. The first-order valence-electron chi connectivity index (χ1n) is 11.0. The van der Waals surface area contributed by atoms with E-state index in [1.807, 2.05) is 61.7 Å². The fraction of sp³-hybridized carbons (Fsp3) is 0.259. The van der Waals surface area contributed by atoms with Gasteiger partial charge in [0.15, 0.2) is 0 Å². The number of alkyl carbamates (subject to hydrolysis) is 1. The zero-order chi connectivity index (χ0) is 23.2. The van der Waals surface area contributed by atoms with Gasteiger partial charge in [0.1, 0.15) is 12.6 Å². The minimum atomic E-state index is -0.672. The topological polar surface area (TPSA) is 67.4 Å². The maximum Gasteiger partial charge on any atom is 0.407 e. The molecule has 5 nitrogen and oxygen atoms in total. The van der Waals surface area contributed by atoms with Crippen LogP contribution in [0.2, 0.25) is 0 Å². The van der Waals surface area contributed by atoms with Crippen LogP contribution in [-0.2, 0) is 9.53 Å². The lowest BCUT2D eigenvalue weighted by atomic mass is 9.98. The van der Waals surface area contributed by atoms with Crippen molar-refractivity contribution in [1.82, 2.24) is 5.32 Å². The number of amides is 2. The van der Waals surface area contributed by atoms with E-state index in [0.29, 0.717) is 12.1 Å². The summed E-state index contributed by atoms with van der Waals surface area (Å²) in [6, 6.07) is 23.3. The van der Waals surface area contributed by atoms with Crippen LogP contribution < -0.4 is 10.6 Å². The third-order valence-electron chi connectivity index (χ3n) is 5.88. The third-order valence-corrected chi connectivity index (χ3v) is 6.53. The molecule has 0 fully saturated rings. The monoisotopic (exact) mass is 460 g/mol. The second-order valence-electron chi connectivity index (χ2n) is 8.16. The third kappa shape index (κ3) is 5.40. The number of aryl methyl sites for hydroxylation is 1. The molecule has 0 unspecified atom stereocenters. The fourth-order valence-corrected chi connectivity index (χ4v) is 4.62. The van der Waals surface area contributed by atoms with Crippen molar-refractivity contribution in [2.45, 2.75) is 25.3 Å². The summed E-state index contributed by atoms with van der Waals surface area (Å²) < 4.78 is 5.63. The number of carbonyl (C=O) groups excluding carboxylic acids is 2. The molecule has 33 heavy (non-hydrogen) atoms. The highest BCUT2D eigenvalue weighted by molar-refractivity contribution is 7.98. The number of hydrogen-bond acceptors (Lipinski definition) is 4. The average Bonchev–Trinajstić information content (AvgIpc) is 3.15. The van der Waals surface area contributed by atoms with Crippen molar-refractivity contribution in [3.63, 3.8) is 0 Å². The summed E-state index contributed by atoms with van der Waals surface area (Å²) in [4.78, 5) is 25.5. The van der Waals surface area contributed by atoms with Crippen LogP contribution in [0.1, 0.15) is 29.0 Å². The van der Waals surface area contributed by atoms with Crippen molar-refractivity contribution < 1.29 is 14.3 Å². The van der Waals surface area contributed by atoms with Crippen LogP contribution in [0.15, 0.2) is 72.8 Å². The molecule has 0 spiro atoms. The molecule has 0 aliphatic heterocycles. The highest BCUT2D eigenvalue weighted by Gasteiger charge is 2.29. The van der Waals surface area contributed by atoms with Gasteiger partial charge in [0.25, 0.3) is 0 Å². The van der Waals surface area contributed by atoms with Gasteiger partial charge in [0, 0.05) is 11.6 Å². The summed E-state index contributed by atoms with van der Waals surface area (Å²) in [5.41, 5.74) is 6.48. The van der Waals surface area contributed by atoms with E-state index < -0.39 is 12.1 Å². The van der Waals surface area contributed by atoms with Crippen molar-refractivity contribution in [1.29, 1.82) is 0 Å². The molecule has 170 valence electrons. The zero-order valence-corrected chi connectivity index (χ0v) is 19.7. The van der Waals surface area contributed by atoms with Gasteiger partial charge in [-0.2, -0.15) is 11.8 Å². The summed E-state index contributed by atoms with van der Waals surface area (Å²) in [5, 5.41) is 5.66. The Morgan fingerprint density at radius 3 is 2.15 bits per heavy atom. The molecule has 6 heteroatoms. The molecule has 1 aliphatic rings. The van der Waals surface area contributed by atoms with E-state index >= 15 is 0 Å². The molecule has 3 aromatic carbocycles. The van der Waals surface area contributed by atoms with Crippen LogP contribution in [0, 0.1) is 6.92 Å². The summed E-state index contributed by atoms with van der Waals surface area (Å²) in [6.07, 6.45) is 1.91. The van der Waals surface area contributed by atoms with Gasteiger partial charge in [-0.15, -0.1) is 0 Å². The second kappa shape index (κ2) is 10.6. The molecule has 1 aliphatic carbocycles. The van der Waals surface area contributed by atoms with E-state index in [9.17, 15) is 9.59 Å². The molecule has 0 aromatic heterocycles. The Morgan fingerprint density at radius 2 is 1.55 bits per heavy atom. The SMILES string of the molecule is CSCC[C@@H](NC(=O)OCC1c2ccccc2-c2ccccc21)C(=O)Nc1ccc(C)cc1. The smallest absolute Gasteiger partial charge is 0.407 e. The van der Waals surface area contributed by atoms with E-state index in [-0.39, 0.29) is 18.4 Å². The molecule has 1 atom stereocenters. The summed E-state index contributed by atoms with van der Waals surface area (Å²) in [6.45, 7) is 2.21. The van der Waals surface area contributed by atoms with Gasteiger partial charge >= 0.3 is 6.09 Å². The second-order valence-corrected chi connectivity index (χ2v) is 9.14. The van der Waals surface area contributed by atoms with Gasteiger partial charge in [-0.1, -0.05) is 66.2 Å². The van der Waals surface area contributed by atoms with Gasteiger partial charge in [-0.25, -0.2) is 4.79 Å². The Morgan fingerprint density at radius 1 is 0.939 bits per heavy atom. The Kier molecular flexibility index (Phi) is 7.35. The van der Waals surface area contributed by atoms with Crippen LogP contribution in [0.3, 0.4) is 0 Å². The number of carbonyl (C=O) groups is 2. The number of benzene rings is 3. The maximum atomic E-state index is 12.8. The number of anilines is 1. The van der Waals surface area contributed by atoms with Gasteiger partial charge in [0.05, 0.1) is 0 Å². The fourth-order valence-electron chi connectivity index (χ4n) is 4.15. The molecular weight excluding hydrogens is 432 g/mol. The quantitative estimate of drug-likeness (QED) is 0.460. The first-order valence-corrected chi connectivity index (χ1v) is 12.4. The lowest BCUT2D eigenvalue weighted by Gasteiger charge is -2.19. The Balaban J connectivity index is 1.40. The lowest BCUT2D eigenvalue weighted by Crippen LogP contribution is -2.44. The van der Waals surface area contributed by atoms with Crippen LogP contribution >= 0.6 is 11.8 Å². The molecule has 0 saturated carbocycles. The van der Waals surface area contributed by atoms with Gasteiger partial charge in [-0.05, 0) is 59.7 Å². The van der Waals surface area contributed by atoms with Crippen molar-refractivity contribution in [3.8, 4) is 11.1 Å². The van der Waals surface area contributed by atoms with Crippen molar-refractivity contribution in [3.05, 3.63) is 89.5 Å². The van der Waals surface area contributed by atoms with E-state index in [1.54, 1.807) is 11.8 Å². The first-order chi connectivity index (χ1) is 16.1. The van der Waals surface area contributed by atoms with E-state index in [4.69, 9.17) is 4.74 Å². The normalized spacial score (nSPS) is 13.0. The minimum Gasteiger partial charge on any atom is -0.449 e. The maximum absolute atomic E-state index is 12.8. The predicted molar refractivity (Wildman–Crippen MR) is 135 cm³/mol. The van der Waals surface area contributed by atoms with E-state index in [0.717, 1.165) is 22.4 Å². The number of thioether (sulfide) groups is 1. The zero-order valence-electron chi connectivity index (χ0n) is 18.8. The Hall–Kier alpha value is -3.25. The van der Waals surface area contributed by atoms with Gasteiger partial charge in [0.2, 0.25) is 5.91 Å². The van der Waals surface area contributed by atoms with E-state index in [2.05, 4.69) is 34.9 Å². The molecule has 0 radical (unpaired) electrons. The summed E-state index contributed by atoms with van der Waals surface area (Å²) in [7, 11) is 0. The van der Waals surface area contributed by atoms with Crippen LogP contribution in [0.4, 0.5) is 10.5 Å². The largest absolute Gasteiger partial charge is 0.449 e. The average molecular weight is 461 g/mol. The lowest BCUT2D eigenvalue weighted by molar-refractivity contribution is -0.118. The summed E-state index contributed by atoms with van der Waals surface area (Å²) >= 11 is 1.63. The summed E-state index contributed by atoms with van der Waals surface area (Å²) in [5.74, 6) is 0.478. The molecular formula is C27H28N2O3S. The molecule has 0 bridgehead atoms. The highest BCUT2D eigenvalue weighted by atomic mass is 32.2. The van der Waals surface area contributed by atoms with E-state index in [1.165, 1.54) is 11.1 Å². The Bertz CT molecular complexity index is 1080. The highest BCUT2D eigenvalue weighted by Crippen LogP contribution is 2.44. The molecule has 0 heterocycles. The number of rotatable bonds is 8. The van der Waals surface area contributed by atoms with Crippen molar-refractivity contribution in [2.75, 3.05) is 23.9 Å². The molecule has 4 rings (SSSR count). The first kappa shape index (κ1) is 22.9.